The second-order valence-electron chi connectivity index (χ2n) is 4.19. The van der Waals surface area contributed by atoms with Crippen molar-refractivity contribution < 1.29 is 19.4 Å². The van der Waals surface area contributed by atoms with E-state index in [1.165, 1.54) is 11.8 Å². The smallest absolute Gasteiger partial charge is 0.358 e. The zero-order valence-electron chi connectivity index (χ0n) is 11.3. The first kappa shape index (κ1) is 14.7. The maximum atomic E-state index is 11.9. The van der Waals surface area contributed by atoms with Crippen LogP contribution in [0.25, 0.3) is 0 Å². The van der Waals surface area contributed by atoms with E-state index in [4.69, 9.17) is 9.84 Å². The molecule has 1 amide bonds. The van der Waals surface area contributed by atoms with Gasteiger partial charge in [-0.05, 0) is 12.1 Å². The summed E-state index contributed by atoms with van der Waals surface area (Å²) in [4.78, 5) is 22.9. The number of aromatic carboxylic acids is 1. The number of aromatic nitrogens is 3. The molecule has 8 nitrogen and oxygen atoms in total. The Balaban J connectivity index is 2.12. The van der Waals surface area contributed by atoms with E-state index in [2.05, 4.69) is 15.6 Å². The SMILES string of the molecule is COCc1c(C(=O)O)nnn1CC(=O)Nc1ccccc1. The van der Waals surface area contributed by atoms with Crippen molar-refractivity contribution in [2.75, 3.05) is 12.4 Å². The van der Waals surface area contributed by atoms with Gasteiger partial charge >= 0.3 is 5.97 Å². The van der Waals surface area contributed by atoms with E-state index in [-0.39, 0.29) is 30.4 Å². The lowest BCUT2D eigenvalue weighted by Crippen LogP contribution is -2.21. The Morgan fingerprint density at radius 1 is 1.33 bits per heavy atom. The molecule has 0 aliphatic carbocycles. The standard InChI is InChI=1S/C13H14N4O4/c1-21-8-10-12(13(19)20)15-16-17(10)7-11(18)14-9-5-3-2-4-6-9/h2-6H,7-8H2,1H3,(H,14,18)(H,19,20). The van der Waals surface area contributed by atoms with Crippen molar-refractivity contribution in [3.05, 3.63) is 41.7 Å². The number of methoxy groups -OCH3 is 1. The van der Waals surface area contributed by atoms with Crippen molar-refractivity contribution in [2.24, 2.45) is 0 Å². The summed E-state index contributed by atoms with van der Waals surface area (Å²) in [6, 6.07) is 8.92. The van der Waals surface area contributed by atoms with E-state index in [0.29, 0.717) is 5.69 Å². The molecule has 1 heterocycles. The van der Waals surface area contributed by atoms with E-state index >= 15 is 0 Å². The van der Waals surface area contributed by atoms with Gasteiger partial charge in [-0.25, -0.2) is 9.48 Å². The van der Waals surface area contributed by atoms with Crippen LogP contribution in [0.3, 0.4) is 0 Å². The third-order valence-electron chi connectivity index (χ3n) is 2.67. The highest BCUT2D eigenvalue weighted by Crippen LogP contribution is 2.09. The van der Waals surface area contributed by atoms with Crippen molar-refractivity contribution in [1.29, 1.82) is 0 Å². The molecule has 0 bridgehead atoms. The third kappa shape index (κ3) is 3.63. The summed E-state index contributed by atoms with van der Waals surface area (Å²) in [6.07, 6.45) is 0. The van der Waals surface area contributed by atoms with Gasteiger partial charge in [0.05, 0.1) is 12.3 Å². The number of hydrogen-bond acceptors (Lipinski definition) is 5. The molecule has 8 heteroatoms. The number of rotatable bonds is 6. The molecule has 0 saturated carbocycles. The monoisotopic (exact) mass is 290 g/mol. The number of carbonyl (C=O) groups excluding carboxylic acids is 1. The van der Waals surface area contributed by atoms with Crippen LogP contribution in [0.4, 0.5) is 5.69 Å². The van der Waals surface area contributed by atoms with Crippen LogP contribution in [0.15, 0.2) is 30.3 Å². The van der Waals surface area contributed by atoms with Gasteiger partial charge in [0, 0.05) is 12.8 Å². The van der Waals surface area contributed by atoms with Crippen LogP contribution in [-0.4, -0.2) is 39.1 Å². The number of anilines is 1. The van der Waals surface area contributed by atoms with Crippen LogP contribution >= 0.6 is 0 Å². The second kappa shape index (κ2) is 6.62. The van der Waals surface area contributed by atoms with E-state index in [0.717, 1.165) is 0 Å². The molecule has 2 rings (SSSR count). The molecule has 0 aliphatic heterocycles. The van der Waals surface area contributed by atoms with Gasteiger partial charge in [-0.1, -0.05) is 23.4 Å². The Hall–Kier alpha value is -2.74. The summed E-state index contributed by atoms with van der Waals surface area (Å²) in [5.74, 6) is -1.54. The highest BCUT2D eigenvalue weighted by molar-refractivity contribution is 5.91. The molecule has 0 fully saturated rings. The summed E-state index contributed by atoms with van der Waals surface area (Å²) in [5, 5.41) is 18.9. The average Bonchev–Trinajstić information content (AvgIpc) is 2.83. The van der Waals surface area contributed by atoms with E-state index in [1.807, 2.05) is 6.07 Å². The maximum absolute atomic E-state index is 11.9. The van der Waals surface area contributed by atoms with Gasteiger partial charge < -0.3 is 15.2 Å². The Kier molecular flexibility index (Phi) is 4.62. The highest BCUT2D eigenvalue weighted by atomic mass is 16.5. The van der Waals surface area contributed by atoms with Crippen molar-refractivity contribution in [3.8, 4) is 0 Å². The molecule has 0 radical (unpaired) electrons. The predicted molar refractivity (Wildman–Crippen MR) is 72.8 cm³/mol. The summed E-state index contributed by atoms with van der Waals surface area (Å²) in [7, 11) is 1.42. The molecule has 1 aromatic carbocycles. The molecule has 0 aliphatic rings. The summed E-state index contributed by atoms with van der Waals surface area (Å²) < 4.78 is 6.14. The number of para-hydroxylation sites is 1. The minimum absolute atomic E-state index is 0.00719. The molecule has 2 aromatic rings. The molecule has 110 valence electrons. The first-order valence-corrected chi connectivity index (χ1v) is 6.11. The van der Waals surface area contributed by atoms with Gasteiger partial charge in [0.1, 0.15) is 6.54 Å². The van der Waals surface area contributed by atoms with Crippen molar-refractivity contribution >= 4 is 17.6 Å². The molecule has 0 spiro atoms. The summed E-state index contributed by atoms with van der Waals surface area (Å²) in [5.41, 5.74) is 0.673. The first-order valence-electron chi connectivity index (χ1n) is 6.11. The van der Waals surface area contributed by atoms with Crippen LogP contribution in [-0.2, 0) is 22.7 Å². The molecule has 0 unspecified atom stereocenters. The van der Waals surface area contributed by atoms with Gasteiger partial charge in [-0.15, -0.1) is 5.10 Å². The fourth-order valence-electron chi connectivity index (χ4n) is 1.76. The Morgan fingerprint density at radius 2 is 2.05 bits per heavy atom. The minimum Gasteiger partial charge on any atom is -0.476 e. The van der Waals surface area contributed by atoms with Crippen LogP contribution < -0.4 is 5.32 Å². The number of hydrogen-bond donors (Lipinski definition) is 2. The first-order chi connectivity index (χ1) is 10.1. The van der Waals surface area contributed by atoms with E-state index < -0.39 is 5.97 Å². The molecular weight excluding hydrogens is 276 g/mol. The number of benzene rings is 1. The Bertz CT molecular complexity index is 639. The summed E-state index contributed by atoms with van der Waals surface area (Å²) >= 11 is 0. The lowest BCUT2D eigenvalue weighted by atomic mass is 10.3. The van der Waals surface area contributed by atoms with Gasteiger partial charge in [0.15, 0.2) is 5.69 Å². The fraction of sp³-hybridized carbons (Fsp3) is 0.231. The topological polar surface area (TPSA) is 106 Å². The lowest BCUT2D eigenvalue weighted by Gasteiger charge is -2.07. The highest BCUT2D eigenvalue weighted by Gasteiger charge is 2.20. The number of carboxylic acid groups (broad SMARTS) is 1. The molecule has 2 N–H and O–H groups in total. The van der Waals surface area contributed by atoms with Crippen molar-refractivity contribution in [1.82, 2.24) is 15.0 Å². The average molecular weight is 290 g/mol. The fourth-order valence-corrected chi connectivity index (χ4v) is 1.76. The van der Waals surface area contributed by atoms with Gasteiger partial charge in [0.25, 0.3) is 0 Å². The van der Waals surface area contributed by atoms with Gasteiger partial charge in [-0.3, -0.25) is 4.79 Å². The van der Waals surface area contributed by atoms with Gasteiger partial charge in [-0.2, -0.15) is 0 Å². The molecule has 21 heavy (non-hydrogen) atoms. The zero-order valence-corrected chi connectivity index (χ0v) is 11.3. The van der Waals surface area contributed by atoms with E-state index in [1.54, 1.807) is 24.3 Å². The Morgan fingerprint density at radius 3 is 2.67 bits per heavy atom. The molecule has 0 atom stereocenters. The Labute approximate surface area is 120 Å². The second-order valence-corrected chi connectivity index (χ2v) is 4.19. The number of nitrogens with one attached hydrogen (secondary N) is 1. The van der Waals surface area contributed by atoms with Crippen LogP contribution in [0.2, 0.25) is 0 Å². The number of nitrogens with zero attached hydrogens (tertiary/aromatic N) is 3. The minimum atomic E-state index is -1.21. The van der Waals surface area contributed by atoms with Crippen molar-refractivity contribution in [2.45, 2.75) is 13.2 Å². The lowest BCUT2D eigenvalue weighted by molar-refractivity contribution is -0.117. The molecular formula is C13H14N4O4. The maximum Gasteiger partial charge on any atom is 0.358 e. The largest absolute Gasteiger partial charge is 0.476 e. The van der Waals surface area contributed by atoms with Crippen LogP contribution in [0.1, 0.15) is 16.2 Å². The molecule has 0 saturated heterocycles. The quantitative estimate of drug-likeness (QED) is 0.813. The van der Waals surface area contributed by atoms with Crippen LogP contribution in [0, 0.1) is 0 Å². The van der Waals surface area contributed by atoms with Crippen LogP contribution in [0.5, 0.6) is 0 Å². The molecule has 1 aromatic heterocycles. The zero-order chi connectivity index (χ0) is 15.2. The normalized spacial score (nSPS) is 10.3. The predicted octanol–water partition coefficient (Wildman–Crippen LogP) is 0.761. The number of ether oxygens (including phenoxy) is 1. The van der Waals surface area contributed by atoms with E-state index in [9.17, 15) is 9.59 Å². The number of amides is 1. The third-order valence-corrected chi connectivity index (χ3v) is 2.67. The number of carboxylic acids is 1. The summed E-state index contributed by atoms with van der Waals surface area (Å²) in [6.45, 7) is -0.138. The number of carbonyl (C=O) groups is 2. The van der Waals surface area contributed by atoms with Gasteiger partial charge in [0.2, 0.25) is 5.91 Å². The van der Waals surface area contributed by atoms with Crippen molar-refractivity contribution in [3.63, 3.8) is 0 Å².